The summed E-state index contributed by atoms with van der Waals surface area (Å²) in [7, 11) is -3.53. The van der Waals surface area contributed by atoms with E-state index in [1.807, 2.05) is 37.3 Å². The maximum atomic E-state index is 12.7. The minimum absolute atomic E-state index is 0.163. The zero-order valence-electron chi connectivity index (χ0n) is 12.0. The second-order valence-electron chi connectivity index (χ2n) is 5.23. The molecule has 1 aliphatic heterocycles. The summed E-state index contributed by atoms with van der Waals surface area (Å²) in [6.07, 6.45) is -0.417. The van der Waals surface area contributed by atoms with Crippen LogP contribution in [0.5, 0.6) is 0 Å². The first-order valence-corrected chi connectivity index (χ1v) is 9.56. The molecule has 1 fully saturated rings. The van der Waals surface area contributed by atoms with E-state index < -0.39 is 10.0 Å². The van der Waals surface area contributed by atoms with Crippen molar-refractivity contribution in [1.29, 1.82) is 0 Å². The van der Waals surface area contributed by atoms with Crippen LogP contribution in [0.25, 0.3) is 0 Å². The number of sulfonamides is 1. The van der Waals surface area contributed by atoms with E-state index in [1.54, 1.807) is 12.1 Å². The Labute approximate surface area is 139 Å². The van der Waals surface area contributed by atoms with E-state index in [1.165, 1.54) is 4.31 Å². The van der Waals surface area contributed by atoms with Gasteiger partial charge in [-0.25, -0.2) is 8.42 Å². The molecule has 0 N–H and O–H groups in total. The molecule has 2 atom stereocenters. The molecule has 0 radical (unpaired) electrons. The van der Waals surface area contributed by atoms with Gasteiger partial charge >= 0.3 is 0 Å². The van der Waals surface area contributed by atoms with Crippen LogP contribution in [0.1, 0.15) is 18.6 Å². The molecular formula is C15H16ClNO3S2. The molecule has 0 amide bonds. The third-order valence-electron chi connectivity index (χ3n) is 3.54. The lowest BCUT2D eigenvalue weighted by Crippen LogP contribution is -2.45. The number of halogens is 1. The maximum absolute atomic E-state index is 12.7. The predicted octanol–water partition coefficient (Wildman–Crippen LogP) is 3.55. The molecule has 3 rings (SSSR count). The van der Waals surface area contributed by atoms with E-state index in [9.17, 15) is 8.42 Å². The molecule has 118 valence electrons. The fourth-order valence-corrected chi connectivity index (χ4v) is 5.68. The molecule has 0 aliphatic carbocycles. The predicted molar refractivity (Wildman–Crippen MR) is 87.8 cm³/mol. The summed E-state index contributed by atoms with van der Waals surface area (Å²) in [5, 5.41) is 0. The highest BCUT2D eigenvalue weighted by atomic mass is 35.5. The van der Waals surface area contributed by atoms with Crippen molar-refractivity contribution in [2.24, 2.45) is 0 Å². The van der Waals surface area contributed by atoms with Crippen LogP contribution >= 0.6 is 22.9 Å². The molecule has 1 saturated heterocycles. The smallest absolute Gasteiger partial charge is 0.252 e. The summed E-state index contributed by atoms with van der Waals surface area (Å²) in [4.78, 5) is 0. The molecule has 1 aromatic heterocycles. The number of rotatable bonds is 3. The summed E-state index contributed by atoms with van der Waals surface area (Å²) in [6.45, 7) is 2.55. The fourth-order valence-electron chi connectivity index (χ4n) is 2.52. The summed E-state index contributed by atoms with van der Waals surface area (Å²) >= 11 is 6.95. The zero-order valence-corrected chi connectivity index (χ0v) is 14.4. The minimum Gasteiger partial charge on any atom is -0.368 e. The molecule has 0 spiro atoms. The van der Waals surface area contributed by atoms with Gasteiger partial charge in [0.15, 0.2) is 0 Å². The Morgan fingerprint density at radius 2 is 1.91 bits per heavy atom. The molecule has 2 unspecified atom stereocenters. The summed E-state index contributed by atoms with van der Waals surface area (Å²) in [6, 6.07) is 12.9. The molecular weight excluding hydrogens is 342 g/mol. The molecule has 22 heavy (non-hydrogen) atoms. The summed E-state index contributed by atoms with van der Waals surface area (Å²) in [5.74, 6) is 0. The Morgan fingerprint density at radius 3 is 2.55 bits per heavy atom. The van der Waals surface area contributed by atoms with Crippen LogP contribution in [0.3, 0.4) is 0 Å². The van der Waals surface area contributed by atoms with Gasteiger partial charge in [0.05, 0.1) is 16.5 Å². The second kappa shape index (κ2) is 6.29. The molecule has 0 bridgehead atoms. The van der Waals surface area contributed by atoms with Gasteiger partial charge in [0, 0.05) is 13.1 Å². The van der Waals surface area contributed by atoms with Crippen molar-refractivity contribution in [2.45, 2.75) is 23.3 Å². The van der Waals surface area contributed by atoms with Gasteiger partial charge in [-0.15, -0.1) is 11.3 Å². The fraction of sp³-hybridized carbons (Fsp3) is 0.333. The summed E-state index contributed by atoms with van der Waals surface area (Å²) < 4.78 is 33.6. The Kier molecular flexibility index (Phi) is 4.56. The monoisotopic (exact) mass is 357 g/mol. The lowest BCUT2D eigenvalue weighted by molar-refractivity contribution is -0.0556. The number of hydrogen-bond donors (Lipinski definition) is 0. The topological polar surface area (TPSA) is 46.6 Å². The van der Waals surface area contributed by atoms with Gasteiger partial charge in [0.2, 0.25) is 0 Å². The van der Waals surface area contributed by atoms with Crippen LogP contribution in [-0.4, -0.2) is 31.9 Å². The van der Waals surface area contributed by atoms with Gasteiger partial charge in [-0.1, -0.05) is 41.9 Å². The molecule has 7 heteroatoms. The van der Waals surface area contributed by atoms with Gasteiger partial charge in [-0.05, 0) is 24.6 Å². The van der Waals surface area contributed by atoms with Crippen LogP contribution in [0.4, 0.5) is 0 Å². The van der Waals surface area contributed by atoms with Crippen molar-refractivity contribution >= 4 is 33.0 Å². The van der Waals surface area contributed by atoms with Gasteiger partial charge in [0.1, 0.15) is 4.21 Å². The second-order valence-corrected chi connectivity index (χ2v) is 9.11. The first kappa shape index (κ1) is 16.0. The van der Waals surface area contributed by atoms with Crippen LogP contribution in [-0.2, 0) is 14.8 Å². The molecule has 1 aromatic carbocycles. The summed E-state index contributed by atoms with van der Waals surface area (Å²) in [5.41, 5.74) is 0.985. The molecule has 0 saturated carbocycles. The highest BCUT2D eigenvalue weighted by Gasteiger charge is 2.35. The van der Waals surface area contributed by atoms with Crippen molar-refractivity contribution < 1.29 is 13.2 Å². The third-order valence-corrected chi connectivity index (χ3v) is 7.07. The van der Waals surface area contributed by atoms with E-state index in [0.29, 0.717) is 17.4 Å². The number of thiophene rings is 1. The molecule has 4 nitrogen and oxygen atoms in total. The first-order chi connectivity index (χ1) is 10.5. The lowest BCUT2D eigenvalue weighted by atomic mass is 10.1. The van der Waals surface area contributed by atoms with Crippen LogP contribution in [0.15, 0.2) is 46.7 Å². The normalized spacial score (nSPS) is 23.5. The van der Waals surface area contributed by atoms with Gasteiger partial charge in [-0.2, -0.15) is 4.31 Å². The maximum Gasteiger partial charge on any atom is 0.252 e. The standard InChI is InChI=1S/C15H16ClNO3S2/c1-11-9-17(22(18,19)15-8-7-14(16)21-15)10-13(20-11)12-5-3-2-4-6-12/h2-8,11,13H,9-10H2,1H3. The zero-order chi connectivity index (χ0) is 15.7. The highest BCUT2D eigenvalue weighted by Crippen LogP contribution is 2.32. The highest BCUT2D eigenvalue weighted by molar-refractivity contribution is 7.91. The van der Waals surface area contributed by atoms with E-state index >= 15 is 0 Å². The number of nitrogens with zero attached hydrogens (tertiary/aromatic N) is 1. The molecule has 2 aromatic rings. The minimum atomic E-state index is -3.53. The first-order valence-electron chi connectivity index (χ1n) is 6.93. The van der Waals surface area contributed by atoms with Crippen molar-refractivity contribution in [2.75, 3.05) is 13.1 Å². The van der Waals surface area contributed by atoms with E-state index in [0.717, 1.165) is 16.9 Å². The lowest BCUT2D eigenvalue weighted by Gasteiger charge is -2.35. The van der Waals surface area contributed by atoms with Crippen molar-refractivity contribution in [3.8, 4) is 0 Å². The van der Waals surface area contributed by atoms with Crippen LogP contribution in [0.2, 0.25) is 4.34 Å². The van der Waals surface area contributed by atoms with Gasteiger partial charge in [0.25, 0.3) is 10.0 Å². The van der Waals surface area contributed by atoms with E-state index in [-0.39, 0.29) is 16.4 Å². The Hall–Kier alpha value is -0.920. The average Bonchev–Trinajstić information content (AvgIpc) is 2.95. The number of hydrogen-bond acceptors (Lipinski definition) is 4. The number of benzene rings is 1. The SMILES string of the molecule is CC1CN(S(=O)(=O)c2ccc(Cl)s2)CC(c2ccccc2)O1. The van der Waals surface area contributed by atoms with Crippen molar-refractivity contribution in [3.05, 3.63) is 52.4 Å². The Morgan fingerprint density at radius 1 is 1.18 bits per heavy atom. The third kappa shape index (κ3) is 3.21. The number of ether oxygens (including phenoxy) is 1. The Bertz CT molecular complexity index is 745. The van der Waals surface area contributed by atoms with Crippen molar-refractivity contribution in [3.63, 3.8) is 0 Å². The van der Waals surface area contributed by atoms with Gasteiger partial charge in [-0.3, -0.25) is 0 Å². The quantitative estimate of drug-likeness (QED) is 0.843. The van der Waals surface area contributed by atoms with Crippen LogP contribution in [0, 0.1) is 0 Å². The molecule has 1 aliphatic rings. The van der Waals surface area contributed by atoms with E-state index in [2.05, 4.69) is 0 Å². The van der Waals surface area contributed by atoms with Crippen LogP contribution < -0.4 is 0 Å². The Balaban J connectivity index is 1.88. The molecule has 2 heterocycles. The average molecular weight is 358 g/mol. The number of morpholine rings is 1. The van der Waals surface area contributed by atoms with Crippen molar-refractivity contribution in [1.82, 2.24) is 4.31 Å². The largest absolute Gasteiger partial charge is 0.368 e. The van der Waals surface area contributed by atoms with E-state index in [4.69, 9.17) is 16.3 Å². The van der Waals surface area contributed by atoms with Gasteiger partial charge < -0.3 is 4.74 Å².